The van der Waals surface area contributed by atoms with Gasteiger partial charge in [0.2, 0.25) is 0 Å². The van der Waals surface area contributed by atoms with Crippen LogP contribution in [0.15, 0.2) is 42.7 Å². The molecule has 106 valence electrons. The zero-order chi connectivity index (χ0) is 14.2. The van der Waals surface area contributed by atoms with E-state index in [0.29, 0.717) is 13.2 Å². The van der Waals surface area contributed by atoms with Gasteiger partial charge in [-0.05, 0) is 30.7 Å². The molecule has 2 amide bonds. The maximum absolute atomic E-state index is 11.7. The molecule has 0 unspecified atom stereocenters. The van der Waals surface area contributed by atoms with Crippen LogP contribution in [0.4, 0.5) is 10.5 Å². The highest BCUT2D eigenvalue weighted by Crippen LogP contribution is 2.13. The summed E-state index contributed by atoms with van der Waals surface area (Å²) in [5, 5.41) is 9.71. The first-order valence-corrected chi connectivity index (χ1v) is 6.43. The highest BCUT2D eigenvalue weighted by Gasteiger charge is 2.02. The molecule has 0 radical (unpaired) electrons. The fourth-order valence-corrected chi connectivity index (χ4v) is 1.74. The van der Waals surface area contributed by atoms with Gasteiger partial charge < -0.3 is 15.4 Å². The van der Waals surface area contributed by atoms with Crippen molar-refractivity contribution in [3.8, 4) is 5.69 Å². The van der Waals surface area contributed by atoms with E-state index in [9.17, 15) is 4.79 Å². The summed E-state index contributed by atoms with van der Waals surface area (Å²) in [5.74, 6) is 0. The van der Waals surface area contributed by atoms with Crippen molar-refractivity contribution in [3.63, 3.8) is 0 Å². The molecule has 2 rings (SSSR count). The third kappa shape index (κ3) is 4.10. The van der Waals surface area contributed by atoms with E-state index in [-0.39, 0.29) is 6.03 Å². The van der Waals surface area contributed by atoms with Crippen molar-refractivity contribution in [1.29, 1.82) is 0 Å². The van der Waals surface area contributed by atoms with Gasteiger partial charge in [0.1, 0.15) is 0 Å². The van der Waals surface area contributed by atoms with Crippen LogP contribution in [0, 0.1) is 0 Å². The van der Waals surface area contributed by atoms with Gasteiger partial charge in [0.25, 0.3) is 0 Å². The van der Waals surface area contributed by atoms with E-state index >= 15 is 0 Å². The van der Waals surface area contributed by atoms with Crippen LogP contribution in [0.25, 0.3) is 5.69 Å². The second-order valence-electron chi connectivity index (χ2n) is 4.23. The summed E-state index contributed by atoms with van der Waals surface area (Å²) < 4.78 is 6.66. The van der Waals surface area contributed by atoms with Crippen LogP contribution in [0.5, 0.6) is 0 Å². The first kappa shape index (κ1) is 14.1. The van der Waals surface area contributed by atoms with E-state index in [1.54, 1.807) is 18.0 Å². The lowest BCUT2D eigenvalue weighted by Gasteiger charge is -2.09. The summed E-state index contributed by atoms with van der Waals surface area (Å²) >= 11 is 0. The molecule has 0 saturated carbocycles. The molecule has 0 atom stereocenters. The zero-order valence-corrected chi connectivity index (χ0v) is 11.4. The third-order valence-electron chi connectivity index (χ3n) is 2.68. The predicted octanol–water partition coefficient (Wildman–Crippen LogP) is 2.03. The average molecular weight is 274 g/mol. The van der Waals surface area contributed by atoms with Crippen LogP contribution in [-0.2, 0) is 4.74 Å². The van der Waals surface area contributed by atoms with Gasteiger partial charge in [-0.2, -0.15) is 5.10 Å². The van der Waals surface area contributed by atoms with Gasteiger partial charge >= 0.3 is 6.03 Å². The summed E-state index contributed by atoms with van der Waals surface area (Å²) in [7, 11) is 1.64. The lowest BCUT2D eigenvalue weighted by atomic mass is 10.3. The van der Waals surface area contributed by atoms with Gasteiger partial charge in [0.15, 0.2) is 0 Å². The van der Waals surface area contributed by atoms with E-state index in [0.717, 1.165) is 17.8 Å². The molecule has 1 aromatic heterocycles. The number of rotatable bonds is 6. The quantitative estimate of drug-likeness (QED) is 0.792. The molecule has 20 heavy (non-hydrogen) atoms. The van der Waals surface area contributed by atoms with Crippen molar-refractivity contribution < 1.29 is 9.53 Å². The summed E-state index contributed by atoms with van der Waals surface area (Å²) in [5.41, 5.74) is 1.62. The van der Waals surface area contributed by atoms with E-state index < -0.39 is 0 Å². The van der Waals surface area contributed by atoms with E-state index in [1.165, 1.54) is 0 Å². The van der Waals surface area contributed by atoms with E-state index in [1.807, 2.05) is 36.5 Å². The van der Waals surface area contributed by atoms with Crippen LogP contribution in [0.2, 0.25) is 0 Å². The Hall–Kier alpha value is -2.34. The topological polar surface area (TPSA) is 68.2 Å². The summed E-state index contributed by atoms with van der Waals surface area (Å²) in [6, 6.07) is 9.12. The Morgan fingerprint density at radius 2 is 2.30 bits per heavy atom. The minimum Gasteiger partial charge on any atom is -0.385 e. The number of methoxy groups -OCH3 is 1. The fourth-order valence-electron chi connectivity index (χ4n) is 1.74. The predicted molar refractivity (Wildman–Crippen MR) is 77.1 cm³/mol. The molecule has 0 aliphatic carbocycles. The Kier molecular flexibility index (Phi) is 5.14. The Morgan fingerprint density at radius 1 is 1.40 bits per heavy atom. The number of benzene rings is 1. The summed E-state index contributed by atoms with van der Waals surface area (Å²) in [6.45, 7) is 1.22. The molecule has 2 aromatic rings. The molecule has 0 spiro atoms. The van der Waals surface area contributed by atoms with Crippen LogP contribution >= 0.6 is 0 Å². The molecule has 2 N–H and O–H groups in total. The highest BCUT2D eigenvalue weighted by molar-refractivity contribution is 5.89. The summed E-state index contributed by atoms with van der Waals surface area (Å²) in [6.07, 6.45) is 4.35. The number of nitrogens with one attached hydrogen (secondary N) is 2. The molecule has 6 nitrogen and oxygen atoms in total. The molecule has 0 bridgehead atoms. The van der Waals surface area contributed by atoms with Gasteiger partial charge in [-0.1, -0.05) is 6.07 Å². The Labute approximate surface area is 117 Å². The van der Waals surface area contributed by atoms with Crippen molar-refractivity contribution in [3.05, 3.63) is 42.7 Å². The number of carbonyl (C=O) groups is 1. The normalized spacial score (nSPS) is 10.2. The maximum Gasteiger partial charge on any atom is 0.319 e. The molecular weight excluding hydrogens is 256 g/mol. The van der Waals surface area contributed by atoms with Crippen LogP contribution in [0.1, 0.15) is 6.42 Å². The van der Waals surface area contributed by atoms with Crippen LogP contribution < -0.4 is 10.6 Å². The number of aromatic nitrogens is 2. The molecule has 0 aliphatic rings. The zero-order valence-electron chi connectivity index (χ0n) is 11.4. The monoisotopic (exact) mass is 274 g/mol. The van der Waals surface area contributed by atoms with Crippen LogP contribution in [-0.4, -0.2) is 36.1 Å². The average Bonchev–Trinajstić information content (AvgIpc) is 2.98. The van der Waals surface area contributed by atoms with Gasteiger partial charge in [0.05, 0.1) is 5.69 Å². The lowest BCUT2D eigenvalue weighted by molar-refractivity contribution is 0.194. The SMILES string of the molecule is COCCCNC(=O)Nc1cccc(-n2cccn2)c1. The smallest absolute Gasteiger partial charge is 0.319 e. The second kappa shape index (κ2) is 7.30. The first-order chi connectivity index (χ1) is 9.79. The molecule has 0 fully saturated rings. The van der Waals surface area contributed by atoms with Crippen molar-refractivity contribution in [1.82, 2.24) is 15.1 Å². The van der Waals surface area contributed by atoms with Gasteiger partial charge in [-0.3, -0.25) is 0 Å². The highest BCUT2D eigenvalue weighted by atomic mass is 16.5. The molecule has 1 heterocycles. The van der Waals surface area contributed by atoms with Gasteiger partial charge in [-0.15, -0.1) is 0 Å². The number of amides is 2. The number of anilines is 1. The Balaban J connectivity index is 1.90. The standard InChI is InChI=1S/C14H18N4O2/c1-20-10-4-7-15-14(19)17-12-5-2-6-13(11-12)18-9-3-8-16-18/h2-3,5-6,8-9,11H,4,7,10H2,1H3,(H2,15,17,19). The number of hydrogen-bond acceptors (Lipinski definition) is 3. The first-order valence-electron chi connectivity index (χ1n) is 6.43. The minimum atomic E-state index is -0.223. The number of urea groups is 1. The molecule has 0 aliphatic heterocycles. The second-order valence-corrected chi connectivity index (χ2v) is 4.23. The Morgan fingerprint density at radius 3 is 3.05 bits per heavy atom. The van der Waals surface area contributed by atoms with Crippen LogP contribution in [0.3, 0.4) is 0 Å². The summed E-state index contributed by atoms with van der Waals surface area (Å²) in [4.78, 5) is 11.7. The number of carbonyl (C=O) groups excluding carboxylic acids is 1. The molecule has 0 saturated heterocycles. The number of nitrogens with zero attached hydrogens (tertiary/aromatic N) is 2. The third-order valence-corrected chi connectivity index (χ3v) is 2.68. The minimum absolute atomic E-state index is 0.223. The van der Waals surface area contributed by atoms with E-state index in [2.05, 4.69) is 15.7 Å². The molecular formula is C14H18N4O2. The van der Waals surface area contributed by atoms with Crippen molar-refractivity contribution in [2.75, 3.05) is 25.6 Å². The number of hydrogen-bond donors (Lipinski definition) is 2. The molecule has 1 aromatic carbocycles. The van der Waals surface area contributed by atoms with E-state index in [4.69, 9.17) is 4.74 Å². The Bertz CT molecular complexity index is 540. The largest absolute Gasteiger partial charge is 0.385 e. The van der Waals surface area contributed by atoms with Crippen molar-refractivity contribution in [2.24, 2.45) is 0 Å². The lowest BCUT2D eigenvalue weighted by Crippen LogP contribution is -2.30. The molecule has 6 heteroatoms. The number of ether oxygens (including phenoxy) is 1. The maximum atomic E-state index is 11.7. The fraction of sp³-hybridized carbons (Fsp3) is 0.286. The van der Waals surface area contributed by atoms with Gasteiger partial charge in [-0.25, -0.2) is 9.48 Å². The van der Waals surface area contributed by atoms with Crippen molar-refractivity contribution >= 4 is 11.7 Å². The van der Waals surface area contributed by atoms with Gasteiger partial charge in [0, 0.05) is 38.3 Å². The van der Waals surface area contributed by atoms with Crippen molar-refractivity contribution in [2.45, 2.75) is 6.42 Å².